The number of urea groups is 1. The van der Waals surface area contributed by atoms with Crippen LogP contribution in [0.2, 0.25) is 0 Å². The van der Waals surface area contributed by atoms with Gasteiger partial charge in [0.2, 0.25) is 0 Å². The molecule has 0 radical (unpaired) electrons. The summed E-state index contributed by atoms with van der Waals surface area (Å²) < 4.78 is 22.3. The minimum Gasteiger partial charge on any atom is -0.335 e. The number of nitrogens with one attached hydrogen (secondary N) is 1. The van der Waals surface area contributed by atoms with Crippen molar-refractivity contribution in [3.63, 3.8) is 0 Å². The third-order valence-corrected chi connectivity index (χ3v) is 4.67. The van der Waals surface area contributed by atoms with Gasteiger partial charge in [0.1, 0.15) is 0 Å². The Balaban J connectivity index is 1.81. The lowest BCUT2D eigenvalue weighted by Gasteiger charge is -2.32. The molecule has 86 valence electrons. The van der Waals surface area contributed by atoms with E-state index in [1.807, 2.05) is 0 Å². The molecule has 2 amide bonds. The molecule has 6 heteroatoms. The van der Waals surface area contributed by atoms with E-state index >= 15 is 0 Å². The van der Waals surface area contributed by atoms with Crippen molar-refractivity contribution in [1.29, 1.82) is 0 Å². The first-order chi connectivity index (χ1) is 7.07. The number of sulfone groups is 1. The summed E-state index contributed by atoms with van der Waals surface area (Å²) in [6, 6.07) is 0.214. The van der Waals surface area contributed by atoms with Crippen molar-refractivity contribution in [1.82, 2.24) is 10.2 Å². The molecule has 0 atom stereocenters. The van der Waals surface area contributed by atoms with Crippen molar-refractivity contribution >= 4 is 15.9 Å². The Labute approximate surface area is 89.7 Å². The van der Waals surface area contributed by atoms with E-state index < -0.39 is 9.84 Å². The van der Waals surface area contributed by atoms with Crippen molar-refractivity contribution in [3.8, 4) is 0 Å². The summed E-state index contributed by atoms with van der Waals surface area (Å²) in [7, 11) is -2.89. The van der Waals surface area contributed by atoms with Crippen molar-refractivity contribution in [2.24, 2.45) is 0 Å². The Hall–Kier alpha value is -0.780. The van der Waals surface area contributed by atoms with Crippen LogP contribution in [0.4, 0.5) is 4.79 Å². The van der Waals surface area contributed by atoms with Crippen LogP contribution in [0, 0.1) is 0 Å². The topological polar surface area (TPSA) is 66.5 Å². The molecule has 2 fully saturated rings. The van der Waals surface area contributed by atoms with Crippen molar-refractivity contribution < 1.29 is 13.2 Å². The van der Waals surface area contributed by atoms with Crippen LogP contribution in [-0.4, -0.2) is 50.0 Å². The molecule has 0 aromatic heterocycles. The van der Waals surface area contributed by atoms with Gasteiger partial charge in [0.15, 0.2) is 9.84 Å². The molecule has 2 aliphatic rings. The Morgan fingerprint density at radius 2 is 1.80 bits per heavy atom. The molecule has 0 bridgehead atoms. The van der Waals surface area contributed by atoms with E-state index in [0.29, 0.717) is 19.1 Å². The van der Waals surface area contributed by atoms with Gasteiger partial charge < -0.3 is 10.2 Å². The number of hydrogen-bond donors (Lipinski definition) is 1. The Morgan fingerprint density at radius 1 is 1.20 bits per heavy atom. The Bertz CT molecular complexity index is 334. The van der Waals surface area contributed by atoms with Crippen molar-refractivity contribution in [2.75, 3.05) is 24.6 Å². The molecule has 1 heterocycles. The van der Waals surface area contributed by atoms with Gasteiger partial charge in [-0.05, 0) is 19.3 Å². The number of nitrogens with zero attached hydrogens (tertiary/aromatic N) is 1. The molecular weight excluding hydrogens is 216 g/mol. The van der Waals surface area contributed by atoms with Crippen LogP contribution >= 0.6 is 0 Å². The van der Waals surface area contributed by atoms with Crippen LogP contribution in [0.3, 0.4) is 0 Å². The zero-order valence-electron chi connectivity index (χ0n) is 8.61. The van der Waals surface area contributed by atoms with Gasteiger partial charge in [0, 0.05) is 19.1 Å². The molecule has 5 nitrogen and oxygen atoms in total. The van der Waals surface area contributed by atoms with Crippen LogP contribution in [0.25, 0.3) is 0 Å². The molecule has 1 aliphatic heterocycles. The van der Waals surface area contributed by atoms with E-state index in [1.54, 1.807) is 4.90 Å². The van der Waals surface area contributed by atoms with E-state index in [4.69, 9.17) is 0 Å². The van der Waals surface area contributed by atoms with Gasteiger partial charge in [-0.3, -0.25) is 0 Å². The SMILES string of the molecule is O=C(NC1CCC1)N1CCS(=O)(=O)CC1. The summed E-state index contributed by atoms with van der Waals surface area (Å²) in [5.74, 6) is 0.205. The summed E-state index contributed by atoms with van der Waals surface area (Å²) in [6.07, 6.45) is 3.29. The Kier molecular flexibility index (Phi) is 2.86. The lowest BCUT2D eigenvalue weighted by atomic mass is 9.93. The standard InChI is InChI=1S/C9H16N2O3S/c12-9(10-8-2-1-3-8)11-4-6-15(13,14)7-5-11/h8H,1-7H2,(H,10,12). The average molecular weight is 232 g/mol. The molecule has 2 rings (SSSR count). The molecular formula is C9H16N2O3S. The third kappa shape index (κ3) is 2.62. The predicted octanol–water partition coefficient (Wildman–Crippen LogP) is -0.0211. The number of hydrogen-bond acceptors (Lipinski definition) is 3. The highest BCUT2D eigenvalue weighted by Crippen LogP contribution is 2.18. The maximum absolute atomic E-state index is 11.6. The molecule has 0 unspecified atom stereocenters. The fraction of sp³-hybridized carbons (Fsp3) is 0.889. The van der Waals surface area contributed by atoms with E-state index in [9.17, 15) is 13.2 Å². The second-order valence-electron chi connectivity index (χ2n) is 4.22. The molecule has 1 N–H and O–H groups in total. The lowest BCUT2D eigenvalue weighted by Crippen LogP contribution is -2.51. The minimum atomic E-state index is -2.89. The average Bonchev–Trinajstić information content (AvgIpc) is 2.11. The maximum atomic E-state index is 11.6. The van der Waals surface area contributed by atoms with Crippen LogP contribution in [0.15, 0.2) is 0 Å². The fourth-order valence-electron chi connectivity index (χ4n) is 1.73. The van der Waals surface area contributed by atoms with Gasteiger partial charge in [0.05, 0.1) is 11.5 Å². The monoisotopic (exact) mass is 232 g/mol. The van der Waals surface area contributed by atoms with Crippen LogP contribution in [-0.2, 0) is 9.84 Å². The zero-order chi connectivity index (χ0) is 10.9. The molecule has 1 saturated carbocycles. The molecule has 15 heavy (non-hydrogen) atoms. The summed E-state index contributed by atoms with van der Waals surface area (Å²) in [5.41, 5.74) is 0. The first-order valence-corrected chi connectivity index (χ1v) is 7.15. The highest BCUT2D eigenvalue weighted by Gasteiger charge is 2.27. The second kappa shape index (κ2) is 4.00. The number of carbonyl (C=O) groups is 1. The first-order valence-electron chi connectivity index (χ1n) is 5.33. The Morgan fingerprint density at radius 3 is 2.27 bits per heavy atom. The lowest BCUT2D eigenvalue weighted by molar-refractivity contribution is 0.190. The molecule has 0 aromatic carbocycles. The van der Waals surface area contributed by atoms with Gasteiger partial charge in [-0.25, -0.2) is 13.2 Å². The number of amides is 2. The van der Waals surface area contributed by atoms with E-state index in [-0.39, 0.29) is 17.5 Å². The minimum absolute atomic E-state index is 0.102. The molecule has 0 spiro atoms. The van der Waals surface area contributed by atoms with Gasteiger partial charge in [0.25, 0.3) is 0 Å². The smallest absolute Gasteiger partial charge is 0.317 e. The largest absolute Gasteiger partial charge is 0.335 e. The van der Waals surface area contributed by atoms with E-state index in [1.165, 1.54) is 6.42 Å². The fourth-order valence-corrected chi connectivity index (χ4v) is 2.94. The van der Waals surface area contributed by atoms with E-state index in [2.05, 4.69) is 5.32 Å². The predicted molar refractivity (Wildman–Crippen MR) is 56.4 cm³/mol. The first kappa shape index (κ1) is 10.7. The summed E-state index contributed by atoms with van der Waals surface area (Å²) in [6.45, 7) is 0.668. The van der Waals surface area contributed by atoms with Crippen LogP contribution < -0.4 is 5.32 Å². The van der Waals surface area contributed by atoms with Crippen molar-refractivity contribution in [2.45, 2.75) is 25.3 Å². The van der Waals surface area contributed by atoms with Gasteiger partial charge in [-0.2, -0.15) is 0 Å². The third-order valence-electron chi connectivity index (χ3n) is 3.06. The number of carbonyl (C=O) groups excluding carboxylic acids is 1. The summed E-state index contributed by atoms with van der Waals surface area (Å²) >= 11 is 0. The maximum Gasteiger partial charge on any atom is 0.317 e. The highest BCUT2D eigenvalue weighted by atomic mass is 32.2. The van der Waals surface area contributed by atoms with Crippen LogP contribution in [0.5, 0.6) is 0 Å². The quantitative estimate of drug-likeness (QED) is 0.691. The highest BCUT2D eigenvalue weighted by molar-refractivity contribution is 7.91. The van der Waals surface area contributed by atoms with Crippen molar-refractivity contribution in [3.05, 3.63) is 0 Å². The van der Waals surface area contributed by atoms with E-state index in [0.717, 1.165) is 12.8 Å². The number of rotatable bonds is 1. The van der Waals surface area contributed by atoms with Gasteiger partial charge >= 0.3 is 6.03 Å². The zero-order valence-corrected chi connectivity index (χ0v) is 9.42. The second-order valence-corrected chi connectivity index (χ2v) is 6.52. The molecule has 1 aliphatic carbocycles. The van der Waals surface area contributed by atoms with Gasteiger partial charge in [-0.15, -0.1) is 0 Å². The summed E-state index contributed by atoms with van der Waals surface area (Å²) in [5, 5.41) is 2.91. The normalized spacial score (nSPS) is 25.7. The molecule has 1 saturated heterocycles. The van der Waals surface area contributed by atoms with Crippen LogP contribution in [0.1, 0.15) is 19.3 Å². The summed E-state index contributed by atoms with van der Waals surface area (Å²) in [4.78, 5) is 13.2. The van der Waals surface area contributed by atoms with Gasteiger partial charge in [-0.1, -0.05) is 0 Å². The molecule has 0 aromatic rings.